The summed E-state index contributed by atoms with van der Waals surface area (Å²) in [6.07, 6.45) is 6.59. The van der Waals surface area contributed by atoms with Gasteiger partial charge < -0.3 is 15.0 Å². The first-order valence-electron chi connectivity index (χ1n) is 11.9. The maximum absolute atomic E-state index is 13.6. The maximum Gasteiger partial charge on any atom is 0.123 e. The topological polar surface area (TPSA) is 71.0 Å². The maximum atomic E-state index is 13.6. The van der Waals surface area contributed by atoms with Crippen LogP contribution < -0.4 is 5.32 Å². The summed E-state index contributed by atoms with van der Waals surface area (Å²) in [7, 11) is 1.73. The van der Waals surface area contributed by atoms with Gasteiger partial charge in [0.2, 0.25) is 0 Å². The van der Waals surface area contributed by atoms with E-state index in [1.54, 1.807) is 31.9 Å². The largest absolute Gasteiger partial charge is 0.383 e. The molecular formula is C26H31FN6O. The molecule has 0 saturated carbocycles. The molecule has 2 N–H and O–H groups in total. The number of fused-ring (bicyclic) bond motifs is 1. The second-order valence-electron chi connectivity index (χ2n) is 8.89. The molecule has 3 atom stereocenters. The number of ether oxygens (including phenoxy) is 1. The normalized spacial score (nSPS) is 18.9. The molecule has 5 rings (SSSR count). The molecule has 1 aliphatic rings. The Hall–Kier alpha value is -3.07. The molecule has 7 nitrogen and oxygen atoms in total. The third kappa shape index (κ3) is 4.36. The van der Waals surface area contributed by atoms with Crippen LogP contribution in [-0.4, -0.2) is 64.0 Å². The quantitative estimate of drug-likeness (QED) is 0.414. The van der Waals surface area contributed by atoms with Gasteiger partial charge in [0.15, 0.2) is 0 Å². The van der Waals surface area contributed by atoms with E-state index in [1.807, 2.05) is 16.7 Å². The number of hydrogen-bond donors (Lipinski definition) is 2. The van der Waals surface area contributed by atoms with Crippen molar-refractivity contribution in [3.63, 3.8) is 0 Å². The Morgan fingerprint density at radius 1 is 1.15 bits per heavy atom. The van der Waals surface area contributed by atoms with Crippen molar-refractivity contribution >= 4 is 10.9 Å². The van der Waals surface area contributed by atoms with E-state index in [2.05, 4.69) is 56.7 Å². The van der Waals surface area contributed by atoms with Crippen LogP contribution in [0.15, 0.2) is 61.3 Å². The molecule has 178 valence electrons. The van der Waals surface area contributed by atoms with Gasteiger partial charge >= 0.3 is 0 Å². The number of halogens is 1. The Balaban J connectivity index is 1.52. The lowest BCUT2D eigenvalue weighted by atomic mass is 9.85. The Labute approximate surface area is 198 Å². The predicted octanol–water partition coefficient (Wildman–Crippen LogP) is 4.04. The zero-order valence-corrected chi connectivity index (χ0v) is 19.6. The fraction of sp³-hybridized carbons (Fsp3) is 0.385. The van der Waals surface area contributed by atoms with Gasteiger partial charge in [-0.1, -0.05) is 19.1 Å². The molecule has 0 radical (unpaired) electrons. The van der Waals surface area contributed by atoms with Gasteiger partial charge in [-0.05, 0) is 47.9 Å². The van der Waals surface area contributed by atoms with E-state index in [1.165, 1.54) is 10.9 Å². The Morgan fingerprint density at radius 3 is 2.68 bits per heavy atom. The molecule has 8 heteroatoms. The van der Waals surface area contributed by atoms with E-state index < -0.39 is 0 Å². The number of hydrogen-bond acceptors (Lipinski definition) is 5. The molecule has 2 aromatic heterocycles. The fourth-order valence-corrected chi connectivity index (χ4v) is 5.36. The summed E-state index contributed by atoms with van der Waals surface area (Å²) >= 11 is 0. The van der Waals surface area contributed by atoms with Gasteiger partial charge in [-0.25, -0.2) is 4.39 Å². The smallest absolute Gasteiger partial charge is 0.123 e. The van der Waals surface area contributed by atoms with Crippen LogP contribution in [0, 0.1) is 5.82 Å². The van der Waals surface area contributed by atoms with E-state index in [0.29, 0.717) is 12.5 Å². The van der Waals surface area contributed by atoms with E-state index in [4.69, 9.17) is 4.74 Å². The van der Waals surface area contributed by atoms with Gasteiger partial charge in [0.05, 0.1) is 12.6 Å². The molecule has 34 heavy (non-hydrogen) atoms. The third-order valence-electron chi connectivity index (χ3n) is 7.02. The number of aromatic amines is 1. The minimum absolute atomic E-state index is 0.0598. The average Bonchev–Trinajstić information content (AvgIpc) is 3.55. The van der Waals surface area contributed by atoms with Crippen molar-refractivity contribution in [1.29, 1.82) is 0 Å². The van der Waals surface area contributed by atoms with Gasteiger partial charge in [0, 0.05) is 61.5 Å². The Bertz CT molecular complexity index is 1210. The van der Waals surface area contributed by atoms with Crippen LogP contribution in [0.3, 0.4) is 0 Å². The van der Waals surface area contributed by atoms with Crippen LogP contribution in [0.2, 0.25) is 0 Å². The average molecular weight is 463 g/mol. The molecular weight excluding hydrogens is 431 g/mol. The van der Waals surface area contributed by atoms with E-state index in [0.717, 1.165) is 42.8 Å². The van der Waals surface area contributed by atoms with Gasteiger partial charge in [-0.2, -0.15) is 0 Å². The highest BCUT2D eigenvalue weighted by Crippen LogP contribution is 2.37. The highest BCUT2D eigenvalue weighted by atomic mass is 19.1. The summed E-state index contributed by atoms with van der Waals surface area (Å²) in [6, 6.07) is 13.6. The summed E-state index contributed by atoms with van der Waals surface area (Å²) in [6.45, 7) is 5.52. The van der Waals surface area contributed by atoms with Gasteiger partial charge in [-0.15, -0.1) is 10.2 Å². The highest BCUT2D eigenvalue weighted by molar-refractivity contribution is 5.85. The lowest BCUT2D eigenvalue weighted by molar-refractivity contribution is 0.0355. The summed E-state index contributed by atoms with van der Waals surface area (Å²) in [5, 5.41) is 12.7. The lowest BCUT2D eigenvalue weighted by Gasteiger charge is -2.45. The minimum atomic E-state index is -0.217. The van der Waals surface area contributed by atoms with Crippen molar-refractivity contribution in [1.82, 2.24) is 30.0 Å². The van der Waals surface area contributed by atoms with Crippen LogP contribution in [0.4, 0.5) is 4.39 Å². The van der Waals surface area contributed by atoms with Crippen LogP contribution in [-0.2, 0) is 4.74 Å². The highest BCUT2D eigenvalue weighted by Gasteiger charge is 2.35. The van der Waals surface area contributed by atoms with Crippen molar-refractivity contribution < 1.29 is 9.13 Å². The van der Waals surface area contributed by atoms with E-state index >= 15 is 0 Å². The molecule has 0 aliphatic carbocycles. The third-order valence-corrected chi connectivity index (χ3v) is 7.02. The Kier molecular flexibility index (Phi) is 6.71. The molecule has 3 heterocycles. The number of nitrogens with zero attached hydrogens (tertiary/aromatic N) is 4. The molecule has 0 spiro atoms. The standard InChI is InChI=1S/C26H31FN6O/c1-3-21(23-13-29-24-9-8-20(12-22(23)24)32-16-30-31-17-32)25-14-28-10-11-33(25)26(15-34-2)18-4-6-19(27)7-5-18/h4-9,12-13,16-17,21,25-26,28-29H,3,10-11,14-15H2,1-2H3. The summed E-state index contributed by atoms with van der Waals surface area (Å²) < 4.78 is 21.2. The molecule has 0 amide bonds. The first-order chi connectivity index (χ1) is 16.7. The second kappa shape index (κ2) is 10.0. The number of nitrogens with one attached hydrogen (secondary N) is 2. The van der Waals surface area contributed by atoms with E-state index in [-0.39, 0.29) is 17.9 Å². The van der Waals surface area contributed by atoms with Crippen LogP contribution in [0.5, 0.6) is 0 Å². The fourth-order valence-electron chi connectivity index (χ4n) is 5.36. The number of piperazine rings is 1. The zero-order chi connectivity index (χ0) is 23.5. The van der Waals surface area contributed by atoms with Gasteiger partial charge in [0.25, 0.3) is 0 Å². The van der Waals surface area contributed by atoms with Crippen molar-refractivity contribution in [2.45, 2.75) is 31.3 Å². The minimum Gasteiger partial charge on any atom is -0.383 e. The van der Waals surface area contributed by atoms with Crippen molar-refractivity contribution in [2.24, 2.45) is 0 Å². The lowest BCUT2D eigenvalue weighted by Crippen LogP contribution is -2.55. The monoisotopic (exact) mass is 462 g/mol. The van der Waals surface area contributed by atoms with Crippen molar-refractivity contribution in [3.05, 3.63) is 78.3 Å². The SMILES string of the molecule is CCC(c1c[nH]c2ccc(-n3cnnc3)cc12)C1CNCCN1C(COC)c1ccc(F)cc1. The zero-order valence-electron chi connectivity index (χ0n) is 19.6. The first-order valence-corrected chi connectivity index (χ1v) is 11.9. The number of aromatic nitrogens is 4. The Morgan fingerprint density at radius 2 is 1.94 bits per heavy atom. The van der Waals surface area contributed by atoms with Crippen LogP contribution in [0.25, 0.3) is 16.6 Å². The molecule has 1 saturated heterocycles. The molecule has 1 fully saturated rings. The molecule has 3 unspecified atom stereocenters. The van der Waals surface area contributed by atoms with Crippen molar-refractivity contribution in [2.75, 3.05) is 33.4 Å². The number of H-pyrrole nitrogens is 1. The summed E-state index contributed by atoms with van der Waals surface area (Å²) in [4.78, 5) is 6.02. The molecule has 2 aromatic carbocycles. The van der Waals surface area contributed by atoms with Gasteiger partial charge in [0.1, 0.15) is 18.5 Å². The summed E-state index contributed by atoms with van der Waals surface area (Å²) in [5.41, 5.74) is 4.54. The summed E-state index contributed by atoms with van der Waals surface area (Å²) in [5.74, 6) is 0.0865. The number of methoxy groups -OCH3 is 1. The number of benzene rings is 2. The second-order valence-corrected chi connectivity index (χ2v) is 8.89. The predicted molar refractivity (Wildman–Crippen MR) is 131 cm³/mol. The van der Waals surface area contributed by atoms with Crippen LogP contribution >= 0.6 is 0 Å². The van der Waals surface area contributed by atoms with Crippen molar-refractivity contribution in [3.8, 4) is 5.69 Å². The van der Waals surface area contributed by atoms with Gasteiger partial charge in [-0.3, -0.25) is 9.47 Å². The molecule has 0 bridgehead atoms. The first kappa shape index (κ1) is 22.7. The molecule has 4 aromatic rings. The van der Waals surface area contributed by atoms with Crippen LogP contribution in [0.1, 0.15) is 36.4 Å². The molecule has 1 aliphatic heterocycles. The number of rotatable bonds is 8. The van der Waals surface area contributed by atoms with E-state index in [9.17, 15) is 4.39 Å².